The van der Waals surface area contributed by atoms with E-state index in [2.05, 4.69) is 15.9 Å². The smallest absolute Gasteiger partial charge is 0.0419 e. The zero-order valence-electron chi connectivity index (χ0n) is 7.46. The summed E-state index contributed by atoms with van der Waals surface area (Å²) < 4.78 is 1.09. The highest BCUT2D eigenvalue weighted by Gasteiger charge is 2.04. The van der Waals surface area contributed by atoms with E-state index >= 15 is 0 Å². The van der Waals surface area contributed by atoms with Crippen molar-refractivity contribution in [1.29, 1.82) is 0 Å². The van der Waals surface area contributed by atoms with E-state index < -0.39 is 0 Å². The predicted octanol–water partition coefficient (Wildman–Crippen LogP) is 2.14. The summed E-state index contributed by atoms with van der Waals surface area (Å²) >= 11 is 3.45. The van der Waals surface area contributed by atoms with Gasteiger partial charge >= 0.3 is 0 Å². The number of benzene rings is 1. The fourth-order valence-corrected chi connectivity index (χ4v) is 1.37. The van der Waals surface area contributed by atoms with Crippen LogP contribution in [0.2, 0.25) is 0 Å². The van der Waals surface area contributed by atoms with Crippen LogP contribution in [0.5, 0.6) is 0 Å². The number of aryl methyl sites for hydroxylation is 1. The van der Waals surface area contributed by atoms with Crippen LogP contribution in [0.15, 0.2) is 22.7 Å². The molecule has 1 rings (SSSR count). The molecule has 13 heavy (non-hydrogen) atoms. The lowest BCUT2D eigenvalue weighted by Crippen LogP contribution is -2.20. The van der Waals surface area contributed by atoms with E-state index in [1.807, 2.05) is 25.1 Å². The highest BCUT2D eigenvalue weighted by atomic mass is 79.9. The second-order valence-electron chi connectivity index (χ2n) is 2.85. The molecule has 74 valence electrons. The average molecular weight is 266 g/mol. The first-order chi connectivity index (χ1) is 5.65. The van der Waals surface area contributed by atoms with Crippen molar-refractivity contribution >= 4 is 28.3 Å². The highest BCUT2D eigenvalue weighted by Crippen LogP contribution is 2.20. The maximum absolute atomic E-state index is 5.77. The molecule has 0 aliphatic rings. The first-order valence-electron chi connectivity index (χ1n) is 3.87. The van der Waals surface area contributed by atoms with Crippen molar-refractivity contribution in [2.75, 3.05) is 6.54 Å². The van der Waals surface area contributed by atoms with E-state index in [9.17, 15) is 0 Å². The number of halogens is 2. The van der Waals surface area contributed by atoms with Crippen LogP contribution in [0.1, 0.15) is 17.2 Å². The van der Waals surface area contributed by atoms with Crippen molar-refractivity contribution in [2.24, 2.45) is 11.5 Å². The van der Waals surface area contributed by atoms with Gasteiger partial charge in [0.2, 0.25) is 0 Å². The van der Waals surface area contributed by atoms with E-state index in [0.29, 0.717) is 6.54 Å². The minimum atomic E-state index is -0.0538. The first kappa shape index (κ1) is 12.9. The third-order valence-corrected chi connectivity index (χ3v) is 2.73. The Labute approximate surface area is 93.2 Å². The van der Waals surface area contributed by atoms with Crippen molar-refractivity contribution in [3.8, 4) is 0 Å². The third kappa shape index (κ3) is 3.27. The minimum Gasteiger partial charge on any atom is -0.329 e. The summed E-state index contributed by atoms with van der Waals surface area (Å²) in [6, 6.07) is 6.02. The van der Waals surface area contributed by atoms with E-state index in [1.165, 1.54) is 5.56 Å². The SMILES string of the molecule is Cc1ccc([C@@H](N)CN)cc1Br.Cl. The van der Waals surface area contributed by atoms with Crippen LogP contribution in [-0.4, -0.2) is 6.54 Å². The van der Waals surface area contributed by atoms with Gasteiger partial charge in [0.05, 0.1) is 0 Å². The van der Waals surface area contributed by atoms with E-state index in [1.54, 1.807) is 0 Å². The molecule has 1 atom stereocenters. The van der Waals surface area contributed by atoms with Crippen LogP contribution in [0.3, 0.4) is 0 Å². The van der Waals surface area contributed by atoms with Crippen LogP contribution in [-0.2, 0) is 0 Å². The second-order valence-corrected chi connectivity index (χ2v) is 3.71. The molecule has 0 aliphatic carbocycles. The van der Waals surface area contributed by atoms with Crippen molar-refractivity contribution in [3.63, 3.8) is 0 Å². The van der Waals surface area contributed by atoms with Crippen molar-refractivity contribution in [3.05, 3.63) is 33.8 Å². The van der Waals surface area contributed by atoms with Crippen molar-refractivity contribution in [1.82, 2.24) is 0 Å². The quantitative estimate of drug-likeness (QED) is 0.861. The lowest BCUT2D eigenvalue weighted by atomic mass is 10.1. The van der Waals surface area contributed by atoms with Gasteiger partial charge in [-0.3, -0.25) is 0 Å². The topological polar surface area (TPSA) is 52.0 Å². The van der Waals surface area contributed by atoms with Gasteiger partial charge < -0.3 is 11.5 Å². The summed E-state index contributed by atoms with van der Waals surface area (Å²) in [7, 11) is 0. The molecule has 1 aromatic carbocycles. The summed E-state index contributed by atoms with van der Waals surface area (Å²) in [5.74, 6) is 0. The van der Waals surface area contributed by atoms with Crippen LogP contribution in [0.4, 0.5) is 0 Å². The number of rotatable bonds is 2. The first-order valence-corrected chi connectivity index (χ1v) is 4.66. The molecule has 0 bridgehead atoms. The molecule has 0 heterocycles. The number of nitrogens with two attached hydrogens (primary N) is 2. The van der Waals surface area contributed by atoms with Gasteiger partial charge in [-0.1, -0.05) is 28.1 Å². The summed E-state index contributed by atoms with van der Waals surface area (Å²) in [6.45, 7) is 2.53. The fraction of sp³-hybridized carbons (Fsp3) is 0.333. The Bertz CT molecular complexity index is 278. The minimum absolute atomic E-state index is 0. The monoisotopic (exact) mass is 264 g/mol. The molecule has 0 aliphatic heterocycles. The van der Waals surface area contributed by atoms with E-state index in [0.717, 1.165) is 10.0 Å². The van der Waals surface area contributed by atoms with Crippen LogP contribution in [0, 0.1) is 6.92 Å². The molecule has 0 unspecified atom stereocenters. The lowest BCUT2D eigenvalue weighted by molar-refractivity contribution is 0.736. The fourth-order valence-electron chi connectivity index (χ4n) is 0.976. The van der Waals surface area contributed by atoms with Gasteiger partial charge in [0.1, 0.15) is 0 Å². The molecule has 0 radical (unpaired) electrons. The third-order valence-electron chi connectivity index (χ3n) is 1.88. The molecule has 0 spiro atoms. The molecule has 2 nitrogen and oxygen atoms in total. The van der Waals surface area contributed by atoms with Crippen LogP contribution in [0.25, 0.3) is 0 Å². The molecular weight excluding hydrogens is 251 g/mol. The molecule has 4 heteroatoms. The van der Waals surface area contributed by atoms with Gasteiger partial charge in [-0.25, -0.2) is 0 Å². The maximum Gasteiger partial charge on any atom is 0.0419 e. The Morgan fingerprint density at radius 3 is 2.54 bits per heavy atom. The highest BCUT2D eigenvalue weighted by molar-refractivity contribution is 9.10. The van der Waals surface area contributed by atoms with Gasteiger partial charge in [-0.05, 0) is 24.1 Å². The maximum atomic E-state index is 5.77. The summed E-state index contributed by atoms with van der Waals surface area (Å²) in [5.41, 5.74) is 13.5. The number of hydrogen-bond donors (Lipinski definition) is 2. The standard InChI is InChI=1S/C9H13BrN2.ClH/c1-6-2-3-7(4-8(6)10)9(12)5-11;/h2-4,9H,5,11-12H2,1H3;1H/t9-;/m0./s1. The van der Waals surface area contributed by atoms with Crippen LogP contribution < -0.4 is 11.5 Å². The lowest BCUT2D eigenvalue weighted by Gasteiger charge is -2.09. The normalized spacial score (nSPS) is 12.0. The molecule has 4 N–H and O–H groups in total. The van der Waals surface area contributed by atoms with Gasteiger partial charge in [0.15, 0.2) is 0 Å². The molecule has 1 aromatic rings. The zero-order chi connectivity index (χ0) is 9.14. The van der Waals surface area contributed by atoms with E-state index in [4.69, 9.17) is 11.5 Å². The molecule has 0 fully saturated rings. The Kier molecular flexibility index (Phi) is 5.56. The van der Waals surface area contributed by atoms with Gasteiger partial charge in [0, 0.05) is 17.1 Å². The predicted molar refractivity (Wildman–Crippen MR) is 62.1 cm³/mol. The Balaban J connectivity index is 0.00000144. The Hall–Kier alpha value is -0.0900. The molecular formula is C9H14BrClN2. The summed E-state index contributed by atoms with van der Waals surface area (Å²) in [5, 5.41) is 0. The van der Waals surface area contributed by atoms with Crippen LogP contribution >= 0.6 is 28.3 Å². The van der Waals surface area contributed by atoms with Gasteiger partial charge in [0.25, 0.3) is 0 Å². The number of hydrogen-bond acceptors (Lipinski definition) is 2. The molecule has 0 saturated heterocycles. The molecule has 0 amide bonds. The van der Waals surface area contributed by atoms with E-state index in [-0.39, 0.29) is 18.4 Å². The summed E-state index contributed by atoms with van der Waals surface area (Å²) in [4.78, 5) is 0. The van der Waals surface area contributed by atoms with Gasteiger partial charge in [-0.15, -0.1) is 12.4 Å². The summed E-state index contributed by atoms with van der Waals surface area (Å²) in [6.07, 6.45) is 0. The van der Waals surface area contributed by atoms with Crippen molar-refractivity contribution in [2.45, 2.75) is 13.0 Å². The van der Waals surface area contributed by atoms with Crippen molar-refractivity contribution < 1.29 is 0 Å². The molecule has 0 saturated carbocycles. The zero-order valence-corrected chi connectivity index (χ0v) is 9.86. The molecule has 0 aromatic heterocycles. The van der Waals surface area contributed by atoms with Gasteiger partial charge in [-0.2, -0.15) is 0 Å². The average Bonchev–Trinajstić information content (AvgIpc) is 2.08. The second kappa shape index (κ2) is 5.60. The largest absolute Gasteiger partial charge is 0.329 e. The Morgan fingerprint density at radius 1 is 1.46 bits per heavy atom. The Morgan fingerprint density at radius 2 is 2.08 bits per heavy atom.